The van der Waals surface area contributed by atoms with Crippen molar-refractivity contribution in [3.8, 4) is 17.1 Å². The number of carbonyl (C=O) groups is 1. The number of anilines is 2. The zero-order valence-corrected chi connectivity index (χ0v) is 21.9. The molecule has 4 heterocycles. The van der Waals surface area contributed by atoms with Crippen LogP contribution in [0.4, 0.5) is 11.8 Å². The number of pyridine rings is 1. The third-order valence-corrected chi connectivity index (χ3v) is 9.13. The fraction of sp³-hybridized carbons (Fsp3) is 0.417. The van der Waals surface area contributed by atoms with Crippen LogP contribution in [0.3, 0.4) is 0 Å². The summed E-state index contributed by atoms with van der Waals surface area (Å²) in [5.74, 6) is 2.14. The van der Waals surface area contributed by atoms with E-state index in [9.17, 15) is 13.2 Å². The molecule has 1 saturated carbocycles. The molecule has 1 amide bonds. The van der Waals surface area contributed by atoms with Gasteiger partial charge in [0.1, 0.15) is 5.82 Å². The summed E-state index contributed by atoms with van der Waals surface area (Å²) >= 11 is 1.77. The maximum absolute atomic E-state index is 13.7. The maximum Gasteiger partial charge on any atom is 0.237 e. The molecule has 0 bridgehead atoms. The zero-order chi connectivity index (χ0) is 25.9. The molecule has 5 rings (SSSR count). The lowest BCUT2D eigenvalue weighted by atomic mass is 9.77. The first-order valence-corrected chi connectivity index (χ1v) is 14.8. The molecule has 1 aliphatic heterocycles. The summed E-state index contributed by atoms with van der Waals surface area (Å²) in [6, 6.07) is 5.20. The van der Waals surface area contributed by atoms with Gasteiger partial charge in [0.2, 0.25) is 27.8 Å². The van der Waals surface area contributed by atoms with Crippen molar-refractivity contribution in [2.45, 2.75) is 43.3 Å². The second-order valence-corrected chi connectivity index (χ2v) is 12.1. The molecule has 0 radical (unpaired) electrons. The highest BCUT2D eigenvalue weighted by Gasteiger charge is 2.43. The lowest BCUT2D eigenvalue weighted by Crippen LogP contribution is -2.44. The Hall–Kier alpha value is -3.32. The molecule has 2 aliphatic rings. The van der Waals surface area contributed by atoms with Crippen molar-refractivity contribution in [2.75, 3.05) is 28.2 Å². The van der Waals surface area contributed by atoms with Crippen LogP contribution < -0.4 is 14.8 Å². The molecule has 1 aliphatic carbocycles. The van der Waals surface area contributed by atoms with Crippen molar-refractivity contribution in [3.05, 3.63) is 48.7 Å². The number of sulfonamides is 1. The van der Waals surface area contributed by atoms with Gasteiger partial charge in [-0.25, -0.2) is 28.4 Å². The average Bonchev–Trinajstić information content (AvgIpc) is 3.77. The van der Waals surface area contributed by atoms with E-state index in [1.807, 2.05) is 6.92 Å². The number of thioether (sulfide) groups is 1. The minimum Gasteiger partial charge on any atom is -0.477 e. The summed E-state index contributed by atoms with van der Waals surface area (Å²) in [6.07, 6.45) is 8.68. The van der Waals surface area contributed by atoms with E-state index >= 15 is 0 Å². The topological polar surface area (TPSA) is 149 Å². The predicted octanol–water partition coefficient (Wildman–Crippen LogP) is 3.03. The first kappa shape index (κ1) is 25.3. The highest BCUT2D eigenvalue weighted by atomic mass is 32.2. The van der Waals surface area contributed by atoms with E-state index in [-0.39, 0.29) is 11.9 Å². The molecule has 3 aromatic rings. The SMILES string of the molecule is CCOc1cncc(-c2ccc(NC(=O)C3(c4ccnc(NS(=O)(=O)C5CC5)n4)CCSCC3)nc2)n1. The molecule has 0 spiro atoms. The molecule has 11 nitrogen and oxygen atoms in total. The number of hydrogen-bond donors (Lipinski definition) is 2. The molecule has 194 valence electrons. The third kappa shape index (κ3) is 5.67. The van der Waals surface area contributed by atoms with Crippen LogP contribution in [0, 0.1) is 0 Å². The highest BCUT2D eigenvalue weighted by molar-refractivity contribution is 7.99. The third-order valence-electron chi connectivity index (χ3n) is 6.33. The van der Waals surface area contributed by atoms with Crippen molar-refractivity contribution in [3.63, 3.8) is 0 Å². The fourth-order valence-corrected chi connectivity index (χ4v) is 6.61. The van der Waals surface area contributed by atoms with Crippen LogP contribution in [-0.4, -0.2) is 62.6 Å². The summed E-state index contributed by atoms with van der Waals surface area (Å²) in [5.41, 5.74) is 0.915. The van der Waals surface area contributed by atoms with Gasteiger partial charge in [-0.2, -0.15) is 11.8 Å². The molecule has 2 fully saturated rings. The largest absolute Gasteiger partial charge is 0.477 e. The van der Waals surface area contributed by atoms with Crippen molar-refractivity contribution < 1.29 is 17.9 Å². The number of nitrogens with zero attached hydrogens (tertiary/aromatic N) is 5. The standard InChI is InChI=1S/C24H27N7O4S2/c1-2-35-21-15-25-14-18(28-21)16-3-6-20(27-13-16)30-22(32)24(8-11-36-12-9-24)19-7-10-26-23(29-19)31-37(33,34)17-4-5-17/h3,6-7,10,13-15,17H,2,4-5,8-9,11-12H2,1H3,(H,26,29,31)(H,27,30,32). The van der Waals surface area contributed by atoms with E-state index in [0.29, 0.717) is 55.4 Å². The number of amides is 1. The number of nitrogens with one attached hydrogen (secondary N) is 2. The van der Waals surface area contributed by atoms with Gasteiger partial charge in [0, 0.05) is 18.0 Å². The van der Waals surface area contributed by atoms with Crippen LogP contribution in [0.15, 0.2) is 43.0 Å². The Morgan fingerprint density at radius 3 is 2.62 bits per heavy atom. The number of ether oxygens (including phenoxy) is 1. The van der Waals surface area contributed by atoms with Crippen LogP contribution in [0.2, 0.25) is 0 Å². The van der Waals surface area contributed by atoms with Gasteiger partial charge in [-0.3, -0.25) is 14.5 Å². The Morgan fingerprint density at radius 1 is 1.11 bits per heavy atom. The summed E-state index contributed by atoms with van der Waals surface area (Å²) in [7, 11) is -3.52. The predicted molar refractivity (Wildman–Crippen MR) is 141 cm³/mol. The summed E-state index contributed by atoms with van der Waals surface area (Å²) in [4.78, 5) is 35.2. The van der Waals surface area contributed by atoms with E-state index in [2.05, 4.69) is 35.0 Å². The average molecular weight is 542 g/mol. The van der Waals surface area contributed by atoms with Crippen molar-refractivity contribution in [1.29, 1.82) is 0 Å². The number of rotatable bonds is 9. The van der Waals surface area contributed by atoms with Gasteiger partial charge < -0.3 is 10.1 Å². The van der Waals surface area contributed by atoms with E-state index < -0.39 is 20.7 Å². The van der Waals surface area contributed by atoms with Crippen molar-refractivity contribution >= 4 is 39.5 Å². The lowest BCUT2D eigenvalue weighted by Gasteiger charge is -2.35. The molecule has 3 aromatic heterocycles. The molecular formula is C24H27N7O4S2. The lowest BCUT2D eigenvalue weighted by molar-refractivity contribution is -0.122. The smallest absolute Gasteiger partial charge is 0.237 e. The Morgan fingerprint density at radius 2 is 1.92 bits per heavy atom. The van der Waals surface area contributed by atoms with Gasteiger partial charge in [-0.1, -0.05) is 0 Å². The quantitative estimate of drug-likeness (QED) is 0.414. The molecule has 0 aromatic carbocycles. The Bertz CT molecular complexity index is 1380. The minimum absolute atomic E-state index is 0.00679. The van der Waals surface area contributed by atoms with Crippen molar-refractivity contribution in [2.24, 2.45) is 0 Å². The van der Waals surface area contributed by atoms with Gasteiger partial charge >= 0.3 is 0 Å². The van der Waals surface area contributed by atoms with Crippen molar-refractivity contribution in [1.82, 2.24) is 24.9 Å². The zero-order valence-electron chi connectivity index (χ0n) is 20.3. The fourth-order valence-electron chi connectivity index (χ4n) is 4.14. The number of carbonyl (C=O) groups excluding carboxylic acids is 1. The summed E-state index contributed by atoms with van der Waals surface area (Å²) in [6.45, 7) is 2.36. The molecule has 13 heteroatoms. The molecular weight excluding hydrogens is 514 g/mol. The first-order chi connectivity index (χ1) is 17.9. The van der Waals surface area contributed by atoms with Gasteiger partial charge in [-0.15, -0.1) is 0 Å². The van der Waals surface area contributed by atoms with E-state index in [1.165, 1.54) is 6.20 Å². The van der Waals surface area contributed by atoms with E-state index in [0.717, 1.165) is 17.1 Å². The summed E-state index contributed by atoms with van der Waals surface area (Å²) < 4.78 is 32.7. The van der Waals surface area contributed by atoms with Gasteiger partial charge in [0.05, 0.1) is 41.1 Å². The molecule has 37 heavy (non-hydrogen) atoms. The highest BCUT2D eigenvalue weighted by Crippen LogP contribution is 2.39. The van der Waals surface area contributed by atoms with Crippen LogP contribution in [0.25, 0.3) is 11.3 Å². The molecule has 0 atom stereocenters. The second-order valence-electron chi connectivity index (χ2n) is 8.87. The monoisotopic (exact) mass is 541 g/mol. The van der Waals surface area contributed by atoms with E-state index in [4.69, 9.17) is 4.74 Å². The van der Waals surface area contributed by atoms with Crippen LogP contribution in [-0.2, 0) is 20.2 Å². The number of hydrogen-bond acceptors (Lipinski definition) is 10. The number of aromatic nitrogens is 5. The first-order valence-electron chi connectivity index (χ1n) is 12.1. The van der Waals surface area contributed by atoms with Gasteiger partial charge in [0.25, 0.3) is 0 Å². The van der Waals surface area contributed by atoms with E-state index in [1.54, 1.807) is 48.6 Å². The van der Waals surface area contributed by atoms with Gasteiger partial charge in [0.15, 0.2) is 0 Å². The molecule has 1 saturated heterocycles. The normalized spacial score (nSPS) is 17.1. The van der Waals surface area contributed by atoms with Gasteiger partial charge in [-0.05, 0) is 62.3 Å². The van der Waals surface area contributed by atoms with Crippen LogP contribution in [0.5, 0.6) is 5.88 Å². The Balaban J connectivity index is 1.36. The second kappa shape index (κ2) is 10.6. The molecule has 0 unspecified atom stereocenters. The van der Waals surface area contributed by atoms with Crippen LogP contribution >= 0.6 is 11.8 Å². The maximum atomic E-state index is 13.7. The molecule has 2 N–H and O–H groups in total. The Kier molecular flexibility index (Phi) is 7.24. The summed E-state index contributed by atoms with van der Waals surface area (Å²) in [5, 5.41) is 2.54. The van der Waals surface area contributed by atoms with Crippen LogP contribution in [0.1, 0.15) is 38.3 Å². The Labute approximate surface area is 219 Å². The minimum atomic E-state index is -3.52.